The van der Waals surface area contributed by atoms with E-state index in [0.29, 0.717) is 17.8 Å². The van der Waals surface area contributed by atoms with Crippen LogP contribution in [0, 0.1) is 13.8 Å². The van der Waals surface area contributed by atoms with E-state index in [0.717, 1.165) is 22.5 Å². The maximum absolute atomic E-state index is 12.6. The van der Waals surface area contributed by atoms with Crippen LogP contribution in [-0.4, -0.2) is 52.0 Å². The van der Waals surface area contributed by atoms with Gasteiger partial charge in [0, 0.05) is 18.0 Å². The molecule has 2 aromatic rings. The minimum Gasteiger partial charge on any atom is -0.389 e. The SMILES string of the molecule is Cc1cccc(C(C)C(=O)NC2CCN(C(=O)c3[nH]c(=O)sc3C)CC2O)c1. The minimum absolute atomic E-state index is 0.111. The molecule has 150 valence electrons. The van der Waals surface area contributed by atoms with Gasteiger partial charge in [0.15, 0.2) is 0 Å². The third-order valence-corrected chi connectivity index (χ3v) is 5.97. The monoisotopic (exact) mass is 403 g/mol. The smallest absolute Gasteiger partial charge is 0.305 e. The second-order valence-electron chi connectivity index (χ2n) is 7.30. The number of carbonyl (C=O) groups excluding carboxylic acids is 2. The van der Waals surface area contributed by atoms with E-state index in [2.05, 4.69) is 10.3 Å². The Morgan fingerprint density at radius 3 is 2.71 bits per heavy atom. The number of likely N-dealkylation sites (tertiary alicyclic amines) is 1. The summed E-state index contributed by atoms with van der Waals surface area (Å²) in [5.41, 5.74) is 2.29. The average molecular weight is 404 g/mol. The molecule has 1 aromatic carbocycles. The fourth-order valence-electron chi connectivity index (χ4n) is 3.45. The molecule has 0 aliphatic carbocycles. The number of hydrogen-bond donors (Lipinski definition) is 3. The van der Waals surface area contributed by atoms with E-state index in [-0.39, 0.29) is 34.8 Å². The fraction of sp³-hybridized carbons (Fsp3) is 0.450. The highest BCUT2D eigenvalue weighted by Gasteiger charge is 2.33. The number of β-amino-alcohol motifs (C(OH)–C–C–N with tert-alkyl or cyclic N) is 1. The Morgan fingerprint density at radius 2 is 2.11 bits per heavy atom. The number of aryl methyl sites for hydroxylation is 2. The van der Waals surface area contributed by atoms with E-state index in [1.807, 2.05) is 38.1 Å². The van der Waals surface area contributed by atoms with Crippen molar-refractivity contribution in [1.82, 2.24) is 15.2 Å². The number of piperidine rings is 1. The van der Waals surface area contributed by atoms with E-state index in [9.17, 15) is 19.5 Å². The largest absolute Gasteiger partial charge is 0.389 e. The van der Waals surface area contributed by atoms with Gasteiger partial charge in [0.05, 0.1) is 18.1 Å². The van der Waals surface area contributed by atoms with Crippen LogP contribution in [0.4, 0.5) is 0 Å². The lowest BCUT2D eigenvalue weighted by atomic mass is 9.96. The Bertz CT molecular complexity index is 936. The van der Waals surface area contributed by atoms with Gasteiger partial charge < -0.3 is 20.3 Å². The van der Waals surface area contributed by atoms with Gasteiger partial charge >= 0.3 is 4.87 Å². The molecule has 1 aliphatic heterocycles. The Balaban J connectivity index is 1.61. The predicted molar refractivity (Wildman–Crippen MR) is 108 cm³/mol. The first-order valence-corrected chi connectivity index (χ1v) is 10.1. The maximum atomic E-state index is 12.6. The molecule has 0 spiro atoms. The van der Waals surface area contributed by atoms with Crippen LogP contribution >= 0.6 is 11.3 Å². The molecular weight excluding hydrogens is 378 g/mol. The van der Waals surface area contributed by atoms with Gasteiger partial charge in [-0.25, -0.2) is 0 Å². The van der Waals surface area contributed by atoms with Gasteiger partial charge in [-0.1, -0.05) is 41.2 Å². The number of nitrogens with zero attached hydrogens (tertiary/aromatic N) is 1. The van der Waals surface area contributed by atoms with Gasteiger partial charge in [0.2, 0.25) is 5.91 Å². The minimum atomic E-state index is -0.864. The van der Waals surface area contributed by atoms with Crippen molar-refractivity contribution in [3.8, 4) is 0 Å². The van der Waals surface area contributed by atoms with Crippen LogP contribution in [0.1, 0.15) is 45.8 Å². The third-order valence-electron chi connectivity index (χ3n) is 5.17. The van der Waals surface area contributed by atoms with Gasteiger partial charge in [-0.05, 0) is 32.8 Å². The quantitative estimate of drug-likeness (QED) is 0.721. The number of aromatic amines is 1. The molecule has 0 bridgehead atoms. The Hall–Kier alpha value is -2.45. The molecule has 0 radical (unpaired) electrons. The van der Waals surface area contributed by atoms with E-state index in [4.69, 9.17) is 0 Å². The summed E-state index contributed by atoms with van der Waals surface area (Å²) in [5.74, 6) is -0.773. The Kier molecular flexibility index (Phi) is 6.00. The molecule has 3 unspecified atom stereocenters. The van der Waals surface area contributed by atoms with Crippen LogP contribution in [0.2, 0.25) is 0 Å². The van der Waals surface area contributed by atoms with Crippen molar-refractivity contribution in [2.24, 2.45) is 0 Å². The molecule has 1 saturated heterocycles. The summed E-state index contributed by atoms with van der Waals surface area (Å²) in [7, 11) is 0. The maximum Gasteiger partial charge on any atom is 0.305 e. The van der Waals surface area contributed by atoms with Crippen LogP contribution in [0.15, 0.2) is 29.1 Å². The number of amides is 2. The summed E-state index contributed by atoms with van der Waals surface area (Å²) >= 11 is 0.995. The summed E-state index contributed by atoms with van der Waals surface area (Å²) in [4.78, 5) is 41.1. The van der Waals surface area contributed by atoms with Crippen molar-refractivity contribution in [1.29, 1.82) is 0 Å². The standard InChI is InChI=1S/C20H25N3O4S/c1-11-5-4-6-14(9-11)12(2)18(25)21-15-7-8-23(10-16(15)24)19(26)17-13(3)28-20(27)22-17/h4-6,9,12,15-16,24H,7-8,10H2,1-3H3,(H,21,25)(H,22,27). The van der Waals surface area contributed by atoms with Crippen LogP contribution in [0.25, 0.3) is 0 Å². The van der Waals surface area contributed by atoms with Crippen molar-refractivity contribution in [3.05, 3.63) is 55.6 Å². The normalized spacial score (nSPS) is 20.6. The molecule has 2 heterocycles. The van der Waals surface area contributed by atoms with Crippen molar-refractivity contribution < 1.29 is 14.7 Å². The molecule has 7 nitrogen and oxygen atoms in total. The average Bonchev–Trinajstić information content (AvgIpc) is 3.00. The van der Waals surface area contributed by atoms with Crippen molar-refractivity contribution in [2.75, 3.05) is 13.1 Å². The number of aliphatic hydroxyl groups is 1. The van der Waals surface area contributed by atoms with Gasteiger partial charge in [0.1, 0.15) is 5.69 Å². The molecular formula is C20H25N3O4S. The Morgan fingerprint density at radius 1 is 1.36 bits per heavy atom. The molecule has 3 N–H and O–H groups in total. The number of benzene rings is 1. The molecule has 8 heteroatoms. The second kappa shape index (κ2) is 8.28. The molecule has 1 fully saturated rings. The number of H-pyrrole nitrogens is 1. The first-order valence-electron chi connectivity index (χ1n) is 9.30. The Labute approximate surface area is 167 Å². The van der Waals surface area contributed by atoms with Crippen molar-refractivity contribution in [3.63, 3.8) is 0 Å². The number of aliphatic hydroxyl groups excluding tert-OH is 1. The van der Waals surface area contributed by atoms with Gasteiger partial charge in [-0.15, -0.1) is 0 Å². The lowest BCUT2D eigenvalue weighted by molar-refractivity contribution is -0.124. The number of nitrogens with one attached hydrogen (secondary N) is 2. The summed E-state index contributed by atoms with van der Waals surface area (Å²) in [6.45, 7) is 6.04. The van der Waals surface area contributed by atoms with Crippen molar-refractivity contribution >= 4 is 23.2 Å². The zero-order valence-electron chi connectivity index (χ0n) is 16.2. The number of aromatic nitrogens is 1. The summed E-state index contributed by atoms with van der Waals surface area (Å²) in [5, 5.41) is 13.4. The lowest BCUT2D eigenvalue weighted by Crippen LogP contribution is -2.55. The van der Waals surface area contributed by atoms with Crippen LogP contribution in [-0.2, 0) is 4.79 Å². The van der Waals surface area contributed by atoms with E-state index in [1.54, 1.807) is 6.92 Å². The molecule has 1 aliphatic rings. The van der Waals surface area contributed by atoms with E-state index in [1.165, 1.54) is 4.90 Å². The predicted octanol–water partition coefficient (Wildman–Crippen LogP) is 1.55. The second-order valence-corrected chi connectivity index (χ2v) is 8.49. The van der Waals surface area contributed by atoms with Crippen molar-refractivity contribution in [2.45, 2.75) is 45.3 Å². The highest BCUT2D eigenvalue weighted by Crippen LogP contribution is 2.20. The van der Waals surface area contributed by atoms with Gasteiger partial charge in [0.25, 0.3) is 5.91 Å². The van der Waals surface area contributed by atoms with Crippen LogP contribution in [0.5, 0.6) is 0 Å². The summed E-state index contributed by atoms with van der Waals surface area (Å²) in [6, 6.07) is 7.38. The first-order chi connectivity index (χ1) is 13.3. The van der Waals surface area contributed by atoms with Gasteiger partial charge in [-0.3, -0.25) is 14.4 Å². The van der Waals surface area contributed by atoms with Crippen LogP contribution < -0.4 is 10.2 Å². The molecule has 2 amide bonds. The molecule has 1 aromatic heterocycles. The lowest BCUT2D eigenvalue weighted by Gasteiger charge is -2.36. The zero-order chi connectivity index (χ0) is 20.4. The van der Waals surface area contributed by atoms with E-state index < -0.39 is 12.1 Å². The highest BCUT2D eigenvalue weighted by atomic mass is 32.1. The molecule has 3 atom stereocenters. The topological polar surface area (TPSA) is 103 Å². The highest BCUT2D eigenvalue weighted by molar-refractivity contribution is 7.09. The van der Waals surface area contributed by atoms with Gasteiger partial charge in [-0.2, -0.15) is 0 Å². The number of hydrogen-bond acceptors (Lipinski definition) is 5. The molecule has 0 saturated carbocycles. The van der Waals surface area contributed by atoms with Crippen LogP contribution in [0.3, 0.4) is 0 Å². The number of rotatable bonds is 4. The first kappa shape index (κ1) is 20.3. The zero-order valence-corrected chi connectivity index (χ0v) is 17.0. The summed E-state index contributed by atoms with van der Waals surface area (Å²) < 4.78 is 0. The van der Waals surface area contributed by atoms with E-state index >= 15 is 0 Å². The fourth-order valence-corrected chi connectivity index (χ4v) is 4.12. The third kappa shape index (κ3) is 4.34. The molecule has 28 heavy (non-hydrogen) atoms. The number of carbonyl (C=O) groups is 2. The molecule has 3 rings (SSSR count). The number of thiazole rings is 1. The summed E-state index contributed by atoms with van der Waals surface area (Å²) in [6.07, 6.45) is -0.413.